The van der Waals surface area contributed by atoms with Crippen molar-refractivity contribution in [2.75, 3.05) is 6.54 Å². The van der Waals surface area contributed by atoms with Gasteiger partial charge in [-0.2, -0.15) is 0 Å². The number of carbonyl (C=O) groups is 1. The summed E-state index contributed by atoms with van der Waals surface area (Å²) in [6.45, 7) is 4.16. The van der Waals surface area contributed by atoms with Gasteiger partial charge in [0, 0.05) is 0 Å². The summed E-state index contributed by atoms with van der Waals surface area (Å²) in [4.78, 5) is 30.6. The van der Waals surface area contributed by atoms with Crippen LogP contribution >= 0.6 is 7.60 Å². The van der Waals surface area contributed by atoms with Crippen molar-refractivity contribution in [2.24, 2.45) is 11.7 Å². The van der Waals surface area contributed by atoms with Crippen molar-refractivity contribution in [2.45, 2.75) is 50.7 Å². The highest BCUT2D eigenvalue weighted by Gasteiger charge is 2.51. The summed E-state index contributed by atoms with van der Waals surface area (Å²) in [6, 6.07) is -0.479. The Bertz CT molecular complexity index is 351. The molecule has 0 aromatic rings. The van der Waals surface area contributed by atoms with E-state index in [4.69, 9.17) is 5.73 Å². The van der Waals surface area contributed by atoms with Gasteiger partial charge in [-0.15, -0.1) is 0 Å². The Balaban J connectivity index is 3.00. The van der Waals surface area contributed by atoms with Crippen molar-refractivity contribution < 1.29 is 19.1 Å². The second-order valence-electron chi connectivity index (χ2n) is 4.99. The van der Waals surface area contributed by atoms with E-state index >= 15 is 0 Å². The first-order valence-electron chi connectivity index (χ1n) is 6.36. The van der Waals surface area contributed by atoms with E-state index in [2.05, 4.69) is 5.32 Å². The maximum atomic E-state index is 11.8. The van der Waals surface area contributed by atoms with Crippen LogP contribution in [0, 0.1) is 5.92 Å². The van der Waals surface area contributed by atoms with Gasteiger partial charge in [0.05, 0.1) is 11.2 Å². The molecule has 2 unspecified atom stereocenters. The van der Waals surface area contributed by atoms with E-state index in [-0.39, 0.29) is 5.92 Å². The quantitative estimate of drug-likeness (QED) is 0.549. The van der Waals surface area contributed by atoms with Crippen LogP contribution in [0.3, 0.4) is 0 Å². The molecular formula is C11H23N2O4P. The van der Waals surface area contributed by atoms with E-state index in [1.54, 1.807) is 13.8 Å². The van der Waals surface area contributed by atoms with Crippen LogP contribution in [0.25, 0.3) is 0 Å². The fourth-order valence-electron chi connectivity index (χ4n) is 3.10. The van der Waals surface area contributed by atoms with E-state index in [0.29, 0.717) is 32.2 Å². The van der Waals surface area contributed by atoms with Gasteiger partial charge in [-0.1, -0.05) is 13.8 Å². The Morgan fingerprint density at radius 3 is 2.39 bits per heavy atom. The molecule has 2 atom stereocenters. The van der Waals surface area contributed by atoms with Crippen molar-refractivity contribution >= 4 is 13.5 Å². The molecular weight excluding hydrogens is 255 g/mol. The summed E-state index contributed by atoms with van der Waals surface area (Å²) in [6.07, 6.45) is 1.88. The highest BCUT2D eigenvalue weighted by molar-refractivity contribution is 7.53. The summed E-state index contributed by atoms with van der Waals surface area (Å²) >= 11 is 0. The fraction of sp³-hybridized carbons (Fsp3) is 0.909. The molecule has 0 spiro atoms. The normalized spacial score (nSPS) is 26.0. The minimum Gasteiger partial charge on any atom is -0.368 e. The predicted octanol–water partition coefficient (Wildman–Crippen LogP) is 0.576. The van der Waals surface area contributed by atoms with Gasteiger partial charge in [-0.05, 0) is 38.1 Å². The second-order valence-corrected chi connectivity index (χ2v) is 6.96. The van der Waals surface area contributed by atoms with E-state index in [0.717, 1.165) is 0 Å². The van der Waals surface area contributed by atoms with Crippen molar-refractivity contribution in [3.63, 3.8) is 0 Å². The molecule has 1 amide bonds. The van der Waals surface area contributed by atoms with Crippen molar-refractivity contribution in [3.05, 3.63) is 0 Å². The Hall–Kier alpha value is -0.420. The molecule has 0 aromatic carbocycles. The third-order valence-corrected chi connectivity index (χ3v) is 6.47. The maximum Gasteiger partial charge on any atom is 0.331 e. The van der Waals surface area contributed by atoms with Crippen molar-refractivity contribution in [3.8, 4) is 0 Å². The Morgan fingerprint density at radius 1 is 1.44 bits per heavy atom. The summed E-state index contributed by atoms with van der Waals surface area (Å²) in [7, 11) is -4.21. The van der Waals surface area contributed by atoms with Crippen LogP contribution < -0.4 is 11.1 Å². The molecule has 1 rings (SSSR count). The van der Waals surface area contributed by atoms with Gasteiger partial charge in [-0.25, -0.2) is 0 Å². The van der Waals surface area contributed by atoms with Crippen LogP contribution in [0.5, 0.6) is 0 Å². The van der Waals surface area contributed by atoms with E-state index < -0.39 is 24.7 Å². The molecule has 5 N–H and O–H groups in total. The first-order chi connectivity index (χ1) is 8.28. The van der Waals surface area contributed by atoms with Gasteiger partial charge in [0.2, 0.25) is 5.91 Å². The minimum atomic E-state index is -4.21. The zero-order valence-corrected chi connectivity index (χ0v) is 11.8. The zero-order valence-electron chi connectivity index (χ0n) is 10.9. The molecule has 1 heterocycles. The highest BCUT2D eigenvalue weighted by atomic mass is 31.2. The van der Waals surface area contributed by atoms with Gasteiger partial charge >= 0.3 is 7.60 Å². The van der Waals surface area contributed by atoms with Crippen LogP contribution in [0.2, 0.25) is 0 Å². The summed E-state index contributed by atoms with van der Waals surface area (Å²) < 4.78 is 11.8. The molecule has 0 aliphatic carbocycles. The zero-order chi connectivity index (χ0) is 14.0. The van der Waals surface area contributed by atoms with Crippen molar-refractivity contribution in [1.29, 1.82) is 0 Å². The molecule has 1 fully saturated rings. The minimum absolute atomic E-state index is 0.174. The number of piperidine rings is 1. The van der Waals surface area contributed by atoms with Gasteiger partial charge in [0.15, 0.2) is 0 Å². The van der Waals surface area contributed by atoms with Gasteiger partial charge < -0.3 is 20.8 Å². The summed E-state index contributed by atoms with van der Waals surface area (Å²) in [5, 5.41) is 1.97. The third kappa shape index (κ3) is 2.77. The number of hydrogen-bond acceptors (Lipinski definition) is 3. The maximum absolute atomic E-state index is 11.8. The number of nitrogens with two attached hydrogens (primary N) is 1. The van der Waals surface area contributed by atoms with Gasteiger partial charge in [-0.3, -0.25) is 9.36 Å². The van der Waals surface area contributed by atoms with Gasteiger partial charge in [0.25, 0.3) is 0 Å². The lowest BCUT2D eigenvalue weighted by Gasteiger charge is -2.43. The first kappa shape index (κ1) is 15.6. The molecule has 1 saturated heterocycles. The van der Waals surface area contributed by atoms with E-state index in [1.165, 1.54) is 0 Å². The number of rotatable bonds is 5. The van der Waals surface area contributed by atoms with E-state index in [1.807, 2.05) is 0 Å². The standard InChI is InChI=1S/C11H23N2O4P/c1-3-11(4-2,18(15,16)17)8-5-6-13-9(7-8)10(12)14/h8-9,13H,3-7H2,1-2H3,(H2,12,14)(H2,15,16,17). The molecule has 1 aliphatic heterocycles. The van der Waals surface area contributed by atoms with Crippen LogP contribution in [0.15, 0.2) is 0 Å². The lowest BCUT2D eigenvalue weighted by molar-refractivity contribution is -0.121. The molecule has 0 bridgehead atoms. The number of nitrogens with one attached hydrogen (secondary N) is 1. The molecule has 0 saturated carbocycles. The Labute approximate surface area is 107 Å². The number of carbonyl (C=O) groups excluding carboxylic acids is 1. The number of hydrogen-bond donors (Lipinski definition) is 4. The molecule has 7 heteroatoms. The lowest BCUT2D eigenvalue weighted by Crippen LogP contribution is -2.51. The SMILES string of the molecule is CCC(CC)(C1CCNC(C(N)=O)C1)P(=O)(O)O. The van der Waals surface area contributed by atoms with Gasteiger partial charge in [0.1, 0.15) is 0 Å². The molecule has 106 valence electrons. The number of primary amides is 1. The number of amides is 1. The average Bonchev–Trinajstić information content (AvgIpc) is 2.30. The second kappa shape index (κ2) is 5.70. The fourth-order valence-corrected chi connectivity index (χ4v) is 4.63. The third-order valence-electron chi connectivity index (χ3n) is 4.31. The van der Waals surface area contributed by atoms with Crippen molar-refractivity contribution in [1.82, 2.24) is 5.32 Å². The largest absolute Gasteiger partial charge is 0.368 e. The molecule has 0 radical (unpaired) electrons. The summed E-state index contributed by atoms with van der Waals surface area (Å²) in [5.74, 6) is -0.626. The monoisotopic (exact) mass is 278 g/mol. The predicted molar refractivity (Wildman–Crippen MR) is 69.1 cm³/mol. The average molecular weight is 278 g/mol. The lowest BCUT2D eigenvalue weighted by atomic mass is 9.78. The first-order valence-corrected chi connectivity index (χ1v) is 7.98. The Kier molecular flexibility index (Phi) is 4.95. The highest BCUT2D eigenvalue weighted by Crippen LogP contribution is 2.60. The summed E-state index contributed by atoms with van der Waals surface area (Å²) in [5.41, 5.74) is 5.27. The smallest absolute Gasteiger partial charge is 0.331 e. The van der Waals surface area contributed by atoms with Crippen LogP contribution in [-0.2, 0) is 9.36 Å². The van der Waals surface area contributed by atoms with Crippen LogP contribution in [0.1, 0.15) is 39.5 Å². The topological polar surface area (TPSA) is 113 Å². The molecule has 0 aromatic heterocycles. The molecule has 6 nitrogen and oxygen atoms in total. The van der Waals surface area contributed by atoms with E-state index in [9.17, 15) is 19.1 Å². The van der Waals surface area contributed by atoms with Crippen LogP contribution in [0.4, 0.5) is 0 Å². The molecule has 18 heavy (non-hydrogen) atoms. The molecule has 1 aliphatic rings. The van der Waals surface area contributed by atoms with Crippen LogP contribution in [-0.4, -0.2) is 33.4 Å². The Morgan fingerprint density at radius 2 is 2.00 bits per heavy atom.